The number of unbranched alkanes of at least 4 members (excludes halogenated alkanes) is 4. The summed E-state index contributed by atoms with van der Waals surface area (Å²) in [5.74, 6) is -0.941. The molecule has 0 saturated carbocycles. The highest BCUT2D eigenvalue weighted by atomic mass is 16.5. The molecule has 0 heterocycles. The zero-order chi connectivity index (χ0) is 15.2. The van der Waals surface area contributed by atoms with Gasteiger partial charge in [-0.3, -0.25) is 9.59 Å². The summed E-state index contributed by atoms with van der Waals surface area (Å²) >= 11 is 0. The Balaban J connectivity index is 3.59. The van der Waals surface area contributed by atoms with Crippen molar-refractivity contribution < 1.29 is 24.5 Å². The van der Waals surface area contributed by atoms with Crippen LogP contribution in [0.4, 0.5) is 0 Å². The van der Waals surface area contributed by atoms with E-state index in [1.54, 1.807) is 7.11 Å². The number of rotatable bonds is 14. The van der Waals surface area contributed by atoms with Crippen LogP contribution in [-0.4, -0.2) is 35.9 Å². The molecule has 0 bridgehead atoms. The Hall–Kier alpha value is -1.10. The highest BCUT2D eigenvalue weighted by Gasteiger charge is 2.08. The maximum Gasteiger partial charge on any atom is 0.303 e. The van der Waals surface area contributed by atoms with Gasteiger partial charge in [0.25, 0.3) is 0 Å². The Morgan fingerprint density at radius 1 is 0.850 bits per heavy atom. The molecule has 0 aliphatic heterocycles. The number of hydrogen-bond acceptors (Lipinski definition) is 3. The Morgan fingerprint density at radius 2 is 1.30 bits per heavy atom. The average Bonchev–Trinajstić information content (AvgIpc) is 2.37. The van der Waals surface area contributed by atoms with Crippen LogP contribution in [0.3, 0.4) is 0 Å². The van der Waals surface area contributed by atoms with Crippen molar-refractivity contribution in [3.8, 4) is 0 Å². The number of hydrogen-bond donors (Lipinski definition) is 2. The van der Waals surface area contributed by atoms with Crippen LogP contribution in [-0.2, 0) is 14.3 Å². The van der Waals surface area contributed by atoms with Crippen LogP contribution in [0.15, 0.2) is 0 Å². The molecule has 0 unspecified atom stereocenters. The highest BCUT2D eigenvalue weighted by Crippen LogP contribution is 2.18. The molecule has 2 N–H and O–H groups in total. The summed E-state index contributed by atoms with van der Waals surface area (Å²) in [6.45, 7) is 0.734. The zero-order valence-corrected chi connectivity index (χ0v) is 12.5. The predicted molar refractivity (Wildman–Crippen MR) is 76.8 cm³/mol. The molecule has 0 amide bonds. The van der Waals surface area contributed by atoms with Gasteiger partial charge in [0.2, 0.25) is 0 Å². The van der Waals surface area contributed by atoms with Gasteiger partial charge in [0.1, 0.15) is 0 Å². The summed E-state index contributed by atoms with van der Waals surface area (Å²) in [5, 5.41) is 17.1. The van der Waals surface area contributed by atoms with E-state index in [9.17, 15) is 9.59 Å². The second kappa shape index (κ2) is 12.9. The van der Waals surface area contributed by atoms with E-state index in [0.717, 1.165) is 58.0 Å². The van der Waals surface area contributed by atoms with E-state index in [2.05, 4.69) is 0 Å². The molecule has 118 valence electrons. The SMILES string of the molecule is COCC(CCCCCC(=O)O)CCCCCC(=O)O. The lowest BCUT2D eigenvalue weighted by atomic mass is 9.95. The first-order valence-corrected chi connectivity index (χ1v) is 7.48. The monoisotopic (exact) mass is 288 g/mol. The predicted octanol–water partition coefficient (Wildman–Crippen LogP) is 3.32. The molecule has 0 rings (SSSR count). The van der Waals surface area contributed by atoms with Crippen molar-refractivity contribution in [3.05, 3.63) is 0 Å². The first-order valence-electron chi connectivity index (χ1n) is 7.48. The van der Waals surface area contributed by atoms with Gasteiger partial charge in [0, 0.05) is 26.6 Å². The lowest BCUT2D eigenvalue weighted by molar-refractivity contribution is -0.138. The largest absolute Gasteiger partial charge is 0.481 e. The molecule has 20 heavy (non-hydrogen) atoms. The zero-order valence-electron chi connectivity index (χ0n) is 12.5. The van der Waals surface area contributed by atoms with E-state index in [0.29, 0.717) is 5.92 Å². The van der Waals surface area contributed by atoms with Crippen LogP contribution in [0.1, 0.15) is 64.2 Å². The average molecular weight is 288 g/mol. The number of carbonyl (C=O) groups is 2. The number of aliphatic carboxylic acids is 2. The second-order valence-electron chi connectivity index (χ2n) is 5.31. The van der Waals surface area contributed by atoms with Gasteiger partial charge >= 0.3 is 11.9 Å². The maximum absolute atomic E-state index is 10.4. The van der Waals surface area contributed by atoms with Gasteiger partial charge in [0.05, 0.1) is 0 Å². The fourth-order valence-corrected chi connectivity index (χ4v) is 2.32. The quantitative estimate of drug-likeness (QED) is 0.479. The number of ether oxygens (including phenoxy) is 1. The molecule has 0 aliphatic rings. The molecule has 0 spiro atoms. The van der Waals surface area contributed by atoms with Gasteiger partial charge in [-0.15, -0.1) is 0 Å². The second-order valence-corrected chi connectivity index (χ2v) is 5.31. The molecule has 0 aromatic heterocycles. The molecular formula is C15H28O5. The molecular weight excluding hydrogens is 260 g/mol. The number of carboxylic acids is 2. The van der Waals surface area contributed by atoms with Crippen LogP contribution >= 0.6 is 0 Å². The summed E-state index contributed by atoms with van der Waals surface area (Å²) in [6.07, 6.45) is 8.10. The molecule has 0 saturated heterocycles. The van der Waals surface area contributed by atoms with E-state index in [1.165, 1.54) is 0 Å². The Bertz CT molecular complexity index is 241. The normalized spacial score (nSPS) is 10.9. The van der Waals surface area contributed by atoms with Gasteiger partial charge in [0.15, 0.2) is 0 Å². The van der Waals surface area contributed by atoms with Crippen molar-refractivity contribution in [1.29, 1.82) is 0 Å². The Morgan fingerprint density at radius 3 is 1.65 bits per heavy atom. The Kier molecular flexibility index (Phi) is 12.2. The van der Waals surface area contributed by atoms with E-state index < -0.39 is 11.9 Å². The lowest BCUT2D eigenvalue weighted by Crippen LogP contribution is -2.08. The van der Waals surface area contributed by atoms with Gasteiger partial charge < -0.3 is 14.9 Å². The van der Waals surface area contributed by atoms with Crippen molar-refractivity contribution >= 4 is 11.9 Å². The van der Waals surface area contributed by atoms with Crippen molar-refractivity contribution in [2.45, 2.75) is 64.2 Å². The Labute approximate surface area is 121 Å². The number of methoxy groups -OCH3 is 1. The summed E-state index contributed by atoms with van der Waals surface area (Å²) in [7, 11) is 1.70. The smallest absolute Gasteiger partial charge is 0.303 e. The maximum atomic E-state index is 10.4. The third-order valence-corrected chi connectivity index (χ3v) is 3.41. The molecule has 5 nitrogen and oxygen atoms in total. The minimum Gasteiger partial charge on any atom is -0.481 e. The summed E-state index contributed by atoms with van der Waals surface area (Å²) < 4.78 is 5.21. The van der Waals surface area contributed by atoms with Crippen LogP contribution in [0.2, 0.25) is 0 Å². The number of carboxylic acid groups (broad SMARTS) is 2. The van der Waals surface area contributed by atoms with E-state index >= 15 is 0 Å². The van der Waals surface area contributed by atoms with Crippen LogP contribution in [0, 0.1) is 5.92 Å². The third-order valence-electron chi connectivity index (χ3n) is 3.41. The minimum atomic E-state index is -0.725. The fraction of sp³-hybridized carbons (Fsp3) is 0.867. The first-order chi connectivity index (χ1) is 9.56. The van der Waals surface area contributed by atoms with Crippen molar-refractivity contribution in [1.82, 2.24) is 0 Å². The topological polar surface area (TPSA) is 83.8 Å². The first kappa shape index (κ1) is 18.9. The van der Waals surface area contributed by atoms with Crippen LogP contribution in [0.25, 0.3) is 0 Å². The summed E-state index contributed by atoms with van der Waals surface area (Å²) in [5.41, 5.74) is 0. The molecule has 0 radical (unpaired) electrons. The van der Waals surface area contributed by atoms with Crippen LogP contribution < -0.4 is 0 Å². The summed E-state index contributed by atoms with van der Waals surface area (Å²) in [6, 6.07) is 0. The standard InChI is InChI=1S/C15H28O5/c1-20-12-13(8-4-2-6-10-14(16)17)9-5-3-7-11-15(18)19/h13H,2-12H2,1H3,(H,16,17)(H,18,19). The van der Waals surface area contributed by atoms with Gasteiger partial charge in [-0.1, -0.05) is 25.7 Å². The molecule has 0 aromatic carbocycles. The van der Waals surface area contributed by atoms with Gasteiger partial charge in [-0.25, -0.2) is 0 Å². The summed E-state index contributed by atoms with van der Waals surface area (Å²) in [4.78, 5) is 20.8. The highest BCUT2D eigenvalue weighted by molar-refractivity contribution is 5.66. The molecule has 0 atom stereocenters. The van der Waals surface area contributed by atoms with E-state index in [4.69, 9.17) is 14.9 Å². The lowest BCUT2D eigenvalue weighted by Gasteiger charge is -2.15. The van der Waals surface area contributed by atoms with Crippen molar-refractivity contribution in [3.63, 3.8) is 0 Å². The van der Waals surface area contributed by atoms with E-state index in [1.807, 2.05) is 0 Å². The minimum absolute atomic E-state index is 0.254. The van der Waals surface area contributed by atoms with Crippen molar-refractivity contribution in [2.24, 2.45) is 5.92 Å². The van der Waals surface area contributed by atoms with E-state index in [-0.39, 0.29) is 12.8 Å². The van der Waals surface area contributed by atoms with Gasteiger partial charge in [-0.05, 0) is 31.6 Å². The third kappa shape index (κ3) is 13.3. The van der Waals surface area contributed by atoms with Crippen molar-refractivity contribution in [2.75, 3.05) is 13.7 Å². The van der Waals surface area contributed by atoms with Gasteiger partial charge in [-0.2, -0.15) is 0 Å². The molecule has 0 aromatic rings. The fourth-order valence-electron chi connectivity index (χ4n) is 2.32. The molecule has 0 fully saturated rings. The molecule has 0 aliphatic carbocycles. The molecule has 5 heteroatoms. The van der Waals surface area contributed by atoms with Crippen LogP contribution in [0.5, 0.6) is 0 Å².